The van der Waals surface area contributed by atoms with E-state index >= 15 is 0 Å². The highest BCUT2D eigenvalue weighted by Crippen LogP contribution is 2.34. The molecule has 0 aromatic carbocycles. The monoisotopic (exact) mass is 391 g/mol. The first-order valence-electron chi connectivity index (χ1n) is 7.65. The van der Waals surface area contributed by atoms with Gasteiger partial charge >= 0.3 is 0 Å². The van der Waals surface area contributed by atoms with E-state index in [1.165, 1.54) is 40.5 Å². The molecule has 0 radical (unpaired) electrons. The number of aromatic nitrogens is 2. The van der Waals surface area contributed by atoms with E-state index in [-0.39, 0.29) is 11.7 Å². The first kappa shape index (κ1) is 18.0. The maximum Gasteiger partial charge on any atom is 0.217 e. The molecule has 0 atom stereocenters. The Bertz CT molecular complexity index is 946. The Morgan fingerprint density at radius 1 is 1.20 bits per heavy atom. The molecule has 3 aromatic heterocycles. The Kier molecular flexibility index (Phi) is 5.51. The van der Waals surface area contributed by atoms with Gasteiger partial charge in [-0.2, -0.15) is 0 Å². The molecule has 1 N–H and O–H groups in total. The van der Waals surface area contributed by atoms with E-state index in [1.54, 1.807) is 17.7 Å². The SMILES string of the molecule is CC(=O)NCc1ccc(C(=O)CSc2ncnc3sc(C)c(C)c23)s1. The Balaban J connectivity index is 1.70. The van der Waals surface area contributed by atoms with Crippen LogP contribution in [-0.2, 0) is 11.3 Å². The molecule has 25 heavy (non-hydrogen) atoms. The van der Waals surface area contributed by atoms with Crippen molar-refractivity contribution in [1.82, 2.24) is 15.3 Å². The van der Waals surface area contributed by atoms with Crippen molar-refractivity contribution in [1.29, 1.82) is 0 Å². The van der Waals surface area contributed by atoms with Crippen LogP contribution in [-0.4, -0.2) is 27.4 Å². The second-order valence-electron chi connectivity index (χ2n) is 5.53. The molecule has 5 nitrogen and oxygen atoms in total. The highest BCUT2D eigenvalue weighted by molar-refractivity contribution is 8.00. The largest absolute Gasteiger partial charge is 0.351 e. The Morgan fingerprint density at radius 3 is 2.76 bits per heavy atom. The van der Waals surface area contributed by atoms with Gasteiger partial charge in [0.1, 0.15) is 16.2 Å². The summed E-state index contributed by atoms with van der Waals surface area (Å²) in [5, 5.41) is 4.65. The molecule has 0 bridgehead atoms. The predicted octanol–water partition coefficient (Wildman–Crippen LogP) is 3.98. The van der Waals surface area contributed by atoms with Crippen molar-refractivity contribution in [3.05, 3.63) is 38.7 Å². The molecule has 130 valence electrons. The van der Waals surface area contributed by atoms with Crippen molar-refractivity contribution < 1.29 is 9.59 Å². The number of hydrogen-bond acceptors (Lipinski definition) is 7. The van der Waals surface area contributed by atoms with Crippen molar-refractivity contribution in [2.24, 2.45) is 0 Å². The zero-order chi connectivity index (χ0) is 18.0. The van der Waals surface area contributed by atoms with Crippen molar-refractivity contribution in [3.63, 3.8) is 0 Å². The number of Topliss-reactive ketones (excluding diaryl/α,β-unsaturated/α-hetero) is 1. The lowest BCUT2D eigenvalue weighted by molar-refractivity contribution is -0.119. The smallest absolute Gasteiger partial charge is 0.217 e. The maximum atomic E-state index is 12.5. The fourth-order valence-corrected chi connectivity index (χ4v) is 5.28. The van der Waals surface area contributed by atoms with Gasteiger partial charge in [-0.15, -0.1) is 22.7 Å². The summed E-state index contributed by atoms with van der Waals surface area (Å²) in [6, 6.07) is 3.70. The number of thiophene rings is 2. The van der Waals surface area contributed by atoms with Gasteiger partial charge in [-0.3, -0.25) is 9.59 Å². The molecule has 0 spiro atoms. The van der Waals surface area contributed by atoms with Gasteiger partial charge in [-0.1, -0.05) is 11.8 Å². The quantitative estimate of drug-likeness (QED) is 0.391. The third kappa shape index (κ3) is 4.08. The van der Waals surface area contributed by atoms with Crippen LogP contribution in [0.2, 0.25) is 0 Å². The molecule has 0 saturated carbocycles. The van der Waals surface area contributed by atoms with E-state index in [0.717, 1.165) is 20.1 Å². The molecule has 0 aliphatic heterocycles. The summed E-state index contributed by atoms with van der Waals surface area (Å²) in [7, 11) is 0. The zero-order valence-corrected chi connectivity index (χ0v) is 16.5. The normalized spacial score (nSPS) is 11.0. The van der Waals surface area contributed by atoms with E-state index in [4.69, 9.17) is 0 Å². The minimum absolute atomic E-state index is 0.0699. The third-order valence-electron chi connectivity index (χ3n) is 3.72. The van der Waals surface area contributed by atoms with E-state index in [2.05, 4.69) is 29.1 Å². The van der Waals surface area contributed by atoms with Gasteiger partial charge in [0.05, 0.1) is 17.2 Å². The van der Waals surface area contributed by atoms with E-state index in [9.17, 15) is 9.59 Å². The summed E-state index contributed by atoms with van der Waals surface area (Å²) >= 11 is 4.52. The van der Waals surface area contributed by atoms with E-state index in [1.807, 2.05) is 12.1 Å². The van der Waals surface area contributed by atoms with Gasteiger partial charge in [-0.05, 0) is 31.5 Å². The fourth-order valence-electron chi connectivity index (χ4n) is 2.30. The molecule has 3 rings (SSSR count). The first-order chi connectivity index (χ1) is 12.0. The van der Waals surface area contributed by atoms with Crippen molar-refractivity contribution >= 4 is 56.3 Å². The highest BCUT2D eigenvalue weighted by atomic mass is 32.2. The number of thioether (sulfide) groups is 1. The molecule has 0 unspecified atom stereocenters. The van der Waals surface area contributed by atoms with Crippen LogP contribution < -0.4 is 5.32 Å². The second-order valence-corrected chi connectivity index (χ2v) is 8.87. The molecular weight excluding hydrogens is 374 g/mol. The van der Waals surface area contributed by atoms with Crippen LogP contribution in [0.25, 0.3) is 10.2 Å². The molecular formula is C17H17N3O2S3. The zero-order valence-electron chi connectivity index (χ0n) is 14.1. The molecule has 3 heterocycles. The van der Waals surface area contributed by atoms with Gasteiger partial charge in [0.15, 0.2) is 5.78 Å². The van der Waals surface area contributed by atoms with Crippen molar-refractivity contribution in [3.8, 4) is 0 Å². The van der Waals surface area contributed by atoms with E-state index < -0.39 is 0 Å². The minimum atomic E-state index is -0.0777. The number of hydrogen-bond donors (Lipinski definition) is 1. The molecule has 0 fully saturated rings. The molecule has 1 amide bonds. The van der Waals surface area contributed by atoms with Crippen LogP contribution in [0.4, 0.5) is 0 Å². The topological polar surface area (TPSA) is 72.0 Å². The van der Waals surface area contributed by atoms with Crippen LogP contribution in [0, 0.1) is 13.8 Å². The number of carbonyl (C=O) groups excluding carboxylic acids is 2. The van der Waals surface area contributed by atoms with Gasteiger partial charge < -0.3 is 5.32 Å². The number of fused-ring (bicyclic) bond motifs is 1. The Morgan fingerprint density at radius 2 is 2.00 bits per heavy atom. The number of nitrogens with one attached hydrogen (secondary N) is 1. The van der Waals surface area contributed by atoms with Crippen LogP contribution >= 0.6 is 34.4 Å². The second kappa shape index (κ2) is 7.63. The summed E-state index contributed by atoms with van der Waals surface area (Å²) in [6.45, 7) is 6.08. The number of ketones is 1. The van der Waals surface area contributed by atoms with Crippen LogP contribution in [0.5, 0.6) is 0 Å². The van der Waals surface area contributed by atoms with Crippen LogP contribution in [0.1, 0.15) is 31.9 Å². The maximum absolute atomic E-state index is 12.5. The average Bonchev–Trinajstić information content (AvgIpc) is 3.16. The Hall–Kier alpha value is -1.77. The molecule has 0 saturated heterocycles. The molecule has 0 aliphatic carbocycles. The number of carbonyl (C=O) groups is 2. The van der Waals surface area contributed by atoms with Crippen molar-refractivity contribution in [2.75, 3.05) is 5.75 Å². The predicted molar refractivity (Wildman–Crippen MR) is 104 cm³/mol. The number of nitrogens with zero attached hydrogens (tertiary/aromatic N) is 2. The standard InChI is InChI=1S/C17H17N3O2S3/c1-9-10(2)24-17-15(9)16(19-8-20-17)23-7-13(22)14-5-4-12(25-14)6-18-11(3)21/h4-5,8H,6-7H2,1-3H3,(H,18,21). The minimum Gasteiger partial charge on any atom is -0.351 e. The number of aryl methyl sites for hydroxylation is 2. The summed E-state index contributed by atoms with van der Waals surface area (Å²) in [4.78, 5) is 36.0. The van der Waals surface area contributed by atoms with E-state index in [0.29, 0.717) is 17.2 Å². The van der Waals surface area contributed by atoms with Crippen molar-refractivity contribution in [2.45, 2.75) is 32.3 Å². The fraction of sp³-hybridized carbons (Fsp3) is 0.294. The molecule has 0 aliphatic rings. The first-order valence-corrected chi connectivity index (χ1v) is 10.3. The summed E-state index contributed by atoms with van der Waals surface area (Å²) in [6.07, 6.45) is 1.56. The number of amides is 1. The van der Waals surface area contributed by atoms with Crippen LogP contribution in [0.15, 0.2) is 23.5 Å². The van der Waals surface area contributed by atoms with Gasteiger partial charge in [0.2, 0.25) is 5.91 Å². The summed E-state index contributed by atoms with van der Waals surface area (Å²) in [5.41, 5.74) is 1.18. The molecule has 3 aromatic rings. The summed E-state index contributed by atoms with van der Waals surface area (Å²) in [5.74, 6) is 0.326. The van der Waals surface area contributed by atoms with Crippen LogP contribution in [0.3, 0.4) is 0 Å². The van der Waals surface area contributed by atoms with Gasteiger partial charge in [-0.25, -0.2) is 9.97 Å². The lowest BCUT2D eigenvalue weighted by atomic mass is 10.2. The summed E-state index contributed by atoms with van der Waals surface area (Å²) < 4.78 is 0. The lowest BCUT2D eigenvalue weighted by Crippen LogP contribution is -2.18. The molecule has 8 heteroatoms. The lowest BCUT2D eigenvalue weighted by Gasteiger charge is -2.02. The van der Waals surface area contributed by atoms with Gasteiger partial charge in [0, 0.05) is 22.1 Å². The highest BCUT2D eigenvalue weighted by Gasteiger charge is 2.15. The number of rotatable bonds is 6. The third-order valence-corrected chi connectivity index (χ3v) is 6.95. The average molecular weight is 392 g/mol. The van der Waals surface area contributed by atoms with Gasteiger partial charge in [0.25, 0.3) is 0 Å². The Labute approximate surface area is 157 Å².